The zero-order chi connectivity index (χ0) is 18.1. The molecule has 1 aliphatic heterocycles. The predicted octanol–water partition coefficient (Wildman–Crippen LogP) is 5.50. The highest BCUT2D eigenvalue weighted by Gasteiger charge is 2.43. The standard InChI is InChI=1S/C6H12F6N3O6P3/c7-1-16-22(17-2-8)13-23(18-3-9,19-4-10)15-24(14-22,20-5-11)21-6-12/h1-6H2. The van der Waals surface area contributed by atoms with E-state index in [1.807, 2.05) is 0 Å². The molecule has 0 saturated heterocycles. The van der Waals surface area contributed by atoms with E-state index in [0.29, 0.717) is 0 Å². The highest BCUT2D eigenvalue weighted by atomic mass is 31.3. The van der Waals surface area contributed by atoms with Gasteiger partial charge in [0.25, 0.3) is 0 Å². The maximum atomic E-state index is 12.6. The third kappa shape index (κ3) is 5.52. The Morgan fingerprint density at radius 3 is 0.708 bits per heavy atom. The van der Waals surface area contributed by atoms with Crippen LogP contribution in [0.15, 0.2) is 13.5 Å². The maximum Gasteiger partial charge on any atom is 0.353 e. The van der Waals surface area contributed by atoms with Crippen LogP contribution >= 0.6 is 23.0 Å². The quantitative estimate of drug-likeness (QED) is 0.301. The van der Waals surface area contributed by atoms with Gasteiger partial charge < -0.3 is 0 Å². The summed E-state index contributed by atoms with van der Waals surface area (Å²) in [4.78, 5) is 0. The summed E-state index contributed by atoms with van der Waals surface area (Å²) in [5.41, 5.74) is 0. The van der Waals surface area contributed by atoms with Gasteiger partial charge in [-0.3, -0.25) is 27.1 Å². The van der Waals surface area contributed by atoms with Gasteiger partial charge in [-0.1, -0.05) is 0 Å². The lowest BCUT2D eigenvalue weighted by molar-refractivity contribution is 0.116. The summed E-state index contributed by atoms with van der Waals surface area (Å²) in [6.45, 7) is -9.93. The monoisotopic (exact) mass is 429 g/mol. The molecule has 0 unspecified atom stereocenters. The third-order valence-electron chi connectivity index (χ3n) is 1.98. The van der Waals surface area contributed by atoms with Crippen molar-refractivity contribution in [2.75, 3.05) is 41.2 Å². The molecule has 1 rings (SSSR count). The van der Waals surface area contributed by atoms with Crippen molar-refractivity contribution in [2.45, 2.75) is 0 Å². The number of alkyl halides is 6. The Morgan fingerprint density at radius 2 is 0.583 bits per heavy atom. The Bertz CT molecular complexity index is 444. The summed E-state index contributed by atoms with van der Waals surface area (Å²) >= 11 is 0. The van der Waals surface area contributed by atoms with Crippen LogP contribution in [0.25, 0.3) is 0 Å². The van der Waals surface area contributed by atoms with E-state index in [0.717, 1.165) is 0 Å². The Kier molecular flexibility index (Phi) is 9.42. The second kappa shape index (κ2) is 10.2. The maximum absolute atomic E-state index is 12.6. The molecule has 0 aliphatic carbocycles. The molecular formula is C6H12F6N3O6P3. The number of hydrogen-bond acceptors (Lipinski definition) is 9. The van der Waals surface area contributed by atoms with Gasteiger partial charge in [-0.2, -0.15) is 0 Å². The second-order valence-corrected chi connectivity index (χ2v) is 9.81. The van der Waals surface area contributed by atoms with Gasteiger partial charge in [0.2, 0.25) is 0 Å². The van der Waals surface area contributed by atoms with Crippen LogP contribution in [0.4, 0.5) is 26.3 Å². The molecule has 0 aromatic carbocycles. The molecule has 0 atom stereocenters. The lowest BCUT2D eigenvalue weighted by atomic mass is 11.6. The van der Waals surface area contributed by atoms with Gasteiger partial charge in [-0.05, 0) is 0 Å². The van der Waals surface area contributed by atoms with Crippen molar-refractivity contribution in [2.24, 2.45) is 13.5 Å². The minimum absolute atomic E-state index is 1.66. The molecule has 0 spiro atoms. The van der Waals surface area contributed by atoms with E-state index in [-0.39, 0.29) is 0 Å². The first-order valence-electron chi connectivity index (χ1n) is 5.63. The Morgan fingerprint density at radius 1 is 0.417 bits per heavy atom. The fraction of sp³-hybridized carbons (Fsp3) is 1.00. The second-order valence-electron chi connectivity index (χ2n) is 3.17. The number of halogens is 6. The van der Waals surface area contributed by atoms with E-state index in [1.165, 1.54) is 0 Å². The molecule has 1 aliphatic rings. The van der Waals surface area contributed by atoms with Gasteiger partial charge in [-0.15, -0.1) is 13.5 Å². The van der Waals surface area contributed by atoms with Crippen molar-refractivity contribution in [3.63, 3.8) is 0 Å². The number of rotatable bonds is 12. The summed E-state index contributed by atoms with van der Waals surface area (Å²) in [5.74, 6) is 0. The van der Waals surface area contributed by atoms with Crippen LogP contribution in [0.2, 0.25) is 0 Å². The highest BCUT2D eigenvalue weighted by molar-refractivity contribution is 7.78. The average Bonchev–Trinajstić information content (AvgIpc) is 2.48. The molecule has 0 fully saturated rings. The molecule has 0 saturated carbocycles. The van der Waals surface area contributed by atoms with Gasteiger partial charge in [0.05, 0.1) is 0 Å². The summed E-state index contributed by atoms with van der Waals surface area (Å²) in [5, 5.41) is 0. The fourth-order valence-corrected chi connectivity index (χ4v) is 9.57. The molecule has 18 heteroatoms. The van der Waals surface area contributed by atoms with E-state index >= 15 is 0 Å². The minimum Gasteiger partial charge on any atom is -0.274 e. The normalized spacial score (nSPS) is 20.8. The van der Waals surface area contributed by atoms with Crippen LogP contribution in [0.5, 0.6) is 0 Å². The topological polar surface area (TPSA) is 92.5 Å². The van der Waals surface area contributed by atoms with E-state index in [4.69, 9.17) is 0 Å². The van der Waals surface area contributed by atoms with Gasteiger partial charge in [0.1, 0.15) is 0 Å². The van der Waals surface area contributed by atoms with Crippen molar-refractivity contribution in [1.29, 1.82) is 0 Å². The first kappa shape index (κ1) is 22.1. The van der Waals surface area contributed by atoms with E-state index in [9.17, 15) is 26.3 Å². The van der Waals surface area contributed by atoms with E-state index in [2.05, 4.69) is 40.7 Å². The van der Waals surface area contributed by atoms with Crippen LogP contribution in [-0.4, -0.2) is 41.2 Å². The molecule has 0 aromatic heterocycles. The molecular weight excluding hydrogens is 417 g/mol. The van der Waals surface area contributed by atoms with Crippen molar-refractivity contribution < 1.29 is 53.5 Å². The average molecular weight is 429 g/mol. The van der Waals surface area contributed by atoms with Crippen LogP contribution in [0.3, 0.4) is 0 Å². The Balaban J connectivity index is 3.69. The first-order valence-corrected chi connectivity index (χ1v) is 10.2. The number of hydrogen-bond donors (Lipinski definition) is 0. The van der Waals surface area contributed by atoms with Crippen LogP contribution in [0, 0.1) is 0 Å². The lowest BCUT2D eigenvalue weighted by Crippen LogP contribution is -2.03. The van der Waals surface area contributed by atoms with Gasteiger partial charge in [0.15, 0.2) is 41.2 Å². The smallest absolute Gasteiger partial charge is 0.274 e. The summed E-state index contributed by atoms with van der Waals surface area (Å²) in [7, 11) is -13.2. The summed E-state index contributed by atoms with van der Waals surface area (Å²) in [6, 6.07) is 0. The Labute approximate surface area is 132 Å². The van der Waals surface area contributed by atoms with Crippen LogP contribution < -0.4 is 0 Å². The van der Waals surface area contributed by atoms with Crippen molar-refractivity contribution >= 4 is 23.0 Å². The molecule has 0 N–H and O–H groups in total. The number of nitrogens with zero attached hydrogens (tertiary/aromatic N) is 3. The molecule has 1 heterocycles. The van der Waals surface area contributed by atoms with Crippen molar-refractivity contribution in [1.82, 2.24) is 0 Å². The van der Waals surface area contributed by atoms with E-state index < -0.39 is 64.1 Å². The molecule has 9 nitrogen and oxygen atoms in total. The van der Waals surface area contributed by atoms with Crippen LogP contribution in [-0.2, 0) is 27.1 Å². The summed E-state index contributed by atoms with van der Waals surface area (Å²) < 4.78 is 113. The largest absolute Gasteiger partial charge is 0.353 e. The first-order chi connectivity index (χ1) is 11.5. The zero-order valence-electron chi connectivity index (χ0n) is 11.6. The molecule has 144 valence electrons. The predicted molar refractivity (Wildman–Crippen MR) is 70.4 cm³/mol. The molecule has 0 amide bonds. The third-order valence-corrected chi connectivity index (χ3v) is 10.0. The van der Waals surface area contributed by atoms with E-state index in [1.54, 1.807) is 0 Å². The zero-order valence-corrected chi connectivity index (χ0v) is 14.3. The Hall–Kier alpha value is 0.0300. The van der Waals surface area contributed by atoms with Gasteiger partial charge in [0, 0.05) is 0 Å². The highest BCUT2D eigenvalue weighted by Crippen LogP contribution is 2.80. The summed E-state index contributed by atoms with van der Waals surface area (Å²) in [6.07, 6.45) is 0. The lowest BCUT2D eigenvalue weighted by Gasteiger charge is -2.30. The van der Waals surface area contributed by atoms with Crippen molar-refractivity contribution in [3.8, 4) is 0 Å². The molecule has 0 bridgehead atoms. The minimum atomic E-state index is -4.41. The fourth-order valence-electron chi connectivity index (χ4n) is 1.29. The molecule has 24 heavy (non-hydrogen) atoms. The SMILES string of the molecule is FCOP1(OCF)=NP(OCF)(OCF)=NP(OCF)(OCF)=N1. The molecule has 0 aromatic rings. The molecule has 0 radical (unpaired) electrons. The van der Waals surface area contributed by atoms with Crippen LogP contribution in [0.1, 0.15) is 0 Å². The van der Waals surface area contributed by atoms with Crippen molar-refractivity contribution in [3.05, 3.63) is 0 Å². The van der Waals surface area contributed by atoms with Gasteiger partial charge >= 0.3 is 23.0 Å². The van der Waals surface area contributed by atoms with Gasteiger partial charge in [-0.25, -0.2) is 26.3 Å².